The van der Waals surface area contributed by atoms with Gasteiger partial charge >= 0.3 is 0 Å². The second-order valence-corrected chi connectivity index (χ2v) is 6.25. The average molecular weight is 335 g/mol. The molecule has 1 fully saturated rings. The van der Waals surface area contributed by atoms with Crippen molar-refractivity contribution in [1.82, 2.24) is 0 Å². The van der Waals surface area contributed by atoms with E-state index in [1.807, 2.05) is 41.3 Å². The second-order valence-electron chi connectivity index (χ2n) is 5.44. The molecule has 5 heteroatoms. The maximum absolute atomic E-state index is 12.5. The van der Waals surface area contributed by atoms with Crippen LogP contribution in [-0.2, 0) is 4.79 Å². The summed E-state index contributed by atoms with van der Waals surface area (Å²) in [5, 5.41) is 1.03. The molecule has 0 bridgehead atoms. The molecule has 114 valence electrons. The second kappa shape index (κ2) is 6.19. The van der Waals surface area contributed by atoms with Crippen molar-refractivity contribution in [3.05, 3.63) is 58.1 Å². The van der Waals surface area contributed by atoms with Gasteiger partial charge in [-0.15, -0.1) is 0 Å². The highest BCUT2D eigenvalue weighted by Gasteiger charge is 2.30. The number of anilines is 2. The first-order valence-electron chi connectivity index (χ1n) is 7.19. The zero-order chi connectivity index (χ0) is 15.7. The molecular weight excluding hydrogens is 319 g/mol. The lowest BCUT2D eigenvalue weighted by Gasteiger charge is -2.36. The first-order chi connectivity index (χ1) is 10.6. The van der Waals surface area contributed by atoms with Crippen LogP contribution in [0.4, 0.5) is 11.4 Å². The first kappa shape index (κ1) is 15.2. The largest absolute Gasteiger partial charge is 0.399 e. The van der Waals surface area contributed by atoms with Gasteiger partial charge in [0.25, 0.3) is 0 Å². The van der Waals surface area contributed by atoms with Crippen LogP contribution in [0.15, 0.2) is 42.5 Å². The lowest BCUT2D eigenvalue weighted by Crippen LogP contribution is -2.38. The predicted molar refractivity (Wildman–Crippen MR) is 91.4 cm³/mol. The standard InChI is InChI=1S/C17H16Cl2N2O/c18-14-9-4-11(10-15(14)19)16-2-1-3-17(22)21(16)13-7-5-12(20)6-8-13/h4-10,16H,1-3,20H2. The van der Waals surface area contributed by atoms with Crippen molar-refractivity contribution < 1.29 is 4.79 Å². The highest BCUT2D eigenvalue weighted by atomic mass is 35.5. The van der Waals surface area contributed by atoms with Gasteiger partial charge in [0, 0.05) is 17.8 Å². The molecule has 0 saturated carbocycles. The van der Waals surface area contributed by atoms with Crippen LogP contribution in [0.5, 0.6) is 0 Å². The molecule has 1 heterocycles. The van der Waals surface area contributed by atoms with E-state index < -0.39 is 0 Å². The summed E-state index contributed by atoms with van der Waals surface area (Å²) in [5.74, 6) is 0.118. The molecule has 2 aromatic carbocycles. The van der Waals surface area contributed by atoms with Crippen molar-refractivity contribution >= 4 is 40.5 Å². The minimum atomic E-state index is -0.0281. The molecule has 1 aliphatic rings. The fraction of sp³-hybridized carbons (Fsp3) is 0.235. The van der Waals surface area contributed by atoms with Gasteiger partial charge in [0.2, 0.25) is 5.91 Å². The van der Waals surface area contributed by atoms with Crippen molar-refractivity contribution in [2.24, 2.45) is 0 Å². The summed E-state index contributed by atoms with van der Waals surface area (Å²) in [6, 6.07) is 12.9. The normalized spacial score (nSPS) is 18.5. The Morgan fingerprint density at radius 2 is 1.77 bits per heavy atom. The van der Waals surface area contributed by atoms with Crippen LogP contribution < -0.4 is 10.6 Å². The molecule has 0 spiro atoms. The third kappa shape index (κ3) is 2.92. The van der Waals surface area contributed by atoms with Crippen LogP contribution in [-0.4, -0.2) is 5.91 Å². The monoisotopic (exact) mass is 334 g/mol. The third-order valence-corrected chi connectivity index (χ3v) is 4.69. The number of carbonyl (C=O) groups is 1. The summed E-state index contributed by atoms with van der Waals surface area (Å²) < 4.78 is 0. The third-order valence-electron chi connectivity index (χ3n) is 3.95. The zero-order valence-electron chi connectivity index (χ0n) is 11.9. The molecule has 1 saturated heterocycles. The van der Waals surface area contributed by atoms with Gasteiger partial charge < -0.3 is 10.6 Å². The van der Waals surface area contributed by atoms with Gasteiger partial charge in [-0.05, 0) is 54.8 Å². The quantitative estimate of drug-likeness (QED) is 0.799. The fourth-order valence-electron chi connectivity index (χ4n) is 2.86. The van der Waals surface area contributed by atoms with Crippen LogP contribution in [0.2, 0.25) is 10.0 Å². The number of amides is 1. The number of carbonyl (C=O) groups excluding carboxylic acids is 1. The summed E-state index contributed by atoms with van der Waals surface area (Å²) in [4.78, 5) is 14.3. The molecule has 0 radical (unpaired) electrons. The molecule has 1 unspecified atom stereocenters. The summed E-state index contributed by atoms with van der Waals surface area (Å²) >= 11 is 12.1. The lowest BCUT2D eigenvalue weighted by atomic mass is 9.94. The van der Waals surface area contributed by atoms with E-state index in [0.717, 1.165) is 24.1 Å². The van der Waals surface area contributed by atoms with E-state index in [0.29, 0.717) is 22.2 Å². The average Bonchev–Trinajstić information content (AvgIpc) is 2.51. The molecule has 1 aliphatic heterocycles. The van der Waals surface area contributed by atoms with Gasteiger partial charge in [0.1, 0.15) is 0 Å². The van der Waals surface area contributed by atoms with E-state index in [1.165, 1.54) is 0 Å². The number of piperidine rings is 1. The Morgan fingerprint density at radius 1 is 1.05 bits per heavy atom. The van der Waals surface area contributed by atoms with E-state index in [4.69, 9.17) is 28.9 Å². The van der Waals surface area contributed by atoms with Crippen molar-refractivity contribution in [1.29, 1.82) is 0 Å². The zero-order valence-corrected chi connectivity index (χ0v) is 13.4. The van der Waals surface area contributed by atoms with Crippen molar-refractivity contribution in [3.63, 3.8) is 0 Å². The Morgan fingerprint density at radius 3 is 2.45 bits per heavy atom. The SMILES string of the molecule is Nc1ccc(N2C(=O)CCCC2c2ccc(Cl)c(Cl)c2)cc1. The molecule has 2 aromatic rings. The van der Waals surface area contributed by atoms with Gasteiger partial charge in [-0.3, -0.25) is 4.79 Å². The number of hydrogen-bond donors (Lipinski definition) is 1. The van der Waals surface area contributed by atoms with Gasteiger partial charge in [-0.2, -0.15) is 0 Å². The number of nitrogen functional groups attached to an aromatic ring is 1. The van der Waals surface area contributed by atoms with Crippen molar-refractivity contribution in [3.8, 4) is 0 Å². The Hall–Kier alpha value is -1.71. The Kier molecular flexibility index (Phi) is 4.27. The maximum Gasteiger partial charge on any atom is 0.227 e. The molecule has 3 nitrogen and oxygen atoms in total. The van der Waals surface area contributed by atoms with Gasteiger partial charge in [-0.25, -0.2) is 0 Å². The van der Waals surface area contributed by atoms with Crippen LogP contribution in [0.25, 0.3) is 0 Å². The van der Waals surface area contributed by atoms with Crippen LogP contribution >= 0.6 is 23.2 Å². The number of rotatable bonds is 2. The molecule has 1 atom stereocenters. The number of nitrogens with two attached hydrogens (primary N) is 1. The molecule has 3 rings (SSSR count). The van der Waals surface area contributed by atoms with Gasteiger partial charge in [0.05, 0.1) is 16.1 Å². The summed E-state index contributed by atoms with van der Waals surface area (Å²) in [6.07, 6.45) is 2.32. The summed E-state index contributed by atoms with van der Waals surface area (Å²) in [5.41, 5.74) is 8.27. The smallest absolute Gasteiger partial charge is 0.227 e. The minimum absolute atomic E-state index is 0.0281. The van der Waals surface area contributed by atoms with E-state index in [9.17, 15) is 4.79 Å². The van der Waals surface area contributed by atoms with Crippen LogP contribution in [0, 0.1) is 0 Å². The van der Waals surface area contributed by atoms with Crippen LogP contribution in [0.3, 0.4) is 0 Å². The van der Waals surface area contributed by atoms with E-state index in [-0.39, 0.29) is 11.9 Å². The Bertz CT molecular complexity index is 700. The molecular formula is C17H16Cl2N2O. The number of hydrogen-bond acceptors (Lipinski definition) is 2. The van der Waals surface area contributed by atoms with Crippen molar-refractivity contribution in [2.75, 3.05) is 10.6 Å². The topological polar surface area (TPSA) is 46.3 Å². The molecule has 2 N–H and O–H groups in total. The number of halogens is 2. The van der Waals surface area contributed by atoms with E-state index >= 15 is 0 Å². The lowest BCUT2D eigenvalue weighted by molar-refractivity contribution is -0.120. The summed E-state index contributed by atoms with van der Waals surface area (Å²) in [6.45, 7) is 0. The molecule has 1 amide bonds. The maximum atomic E-state index is 12.5. The molecule has 22 heavy (non-hydrogen) atoms. The predicted octanol–water partition coefficient (Wildman–Crippen LogP) is 4.83. The number of nitrogens with zero attached hydrogens (tertiary/aromatic N) is 1. The first-order valence-corrected chi connectivity index (χ1v) is 7.94. The van der Waals surface area contributed by atoms with E-state index in [2.05, 4.69) is 0 Å². The van der Waals surface area contributed by atoms with Gasteiger partial charge in [-0.1, -0.05) is 29.3 Å². The number of benzene rings is 2. The molecule has 0 aliphatic carbocycles. The van der Waals surface area contributed by atoms with Crippen LogP contribution in [0.1, 0.15) is 30.9 Å². The highest BCUT2D eigenvalue weighted by Crippen LogP contribution is 2.37. The molecule has 0 aromatic heterocycles. The minimum Gasteiger partial charge on any atom is -0.399 e. The highest BCUT2D eigenvalue weighted by molar-refractivity contribution is 6.42. The Labute approximate surface area is 139 Å². The fourth-order valence-corrected chi connectivity index (χ4v) is 3.17. The van der Waals surface area contributed by atoms with Gasteiger partial charge in [0.15, 0.2) is 0 Å². The van der Waals surface area contributed by atoms with E-state index in [1.54, 1.807) is 6.07 Å². The van der Waals surface area contributed by atoms with Crippen molar-refractivity contribution in [2.45, 2.75) is 25.3 Å². The Balaban J connectivity index is 2.01. The summed E-state index contributed by atoms with van der Waals surface area (Å²) in [7, 11) is 0.